The van der Waals surface area contributed by atoms with Gasteiger partial charge in [0.2, 0.25) is 0 Å². The van der Waals surface area contributed by atoms with Crippen LogP contribution in [-0.4, -0.2) is 20.7 Å². The number of benzene rings is 1. The summed E-state index contributed by atoms with van der Waals surface area (Å²) in [4.78, 5) is 24.7. The lowest BCUT2D eigenvalue weighted by molar-refractivity contribution is 0.102. The molecule has 0 aliphatic heterocycles. The highest BCUT2D eigenvalue weighted by molar-refractivity contribution is 6.03. The minimum atomic E-state index is -0.354. The lowest BCUT2D eigenvalue weighted by Gasteiger charge is -2.25. The Morgan fingerprint density at radius 3 is 2.89 bits per heavy atom. The highest BCUT2D eigenvalue weighted by atomic mass is 19.1. The van der Waals surface area contributed by atoms with Gasteiger partial charge in [-0.2, -0.15) is 5.10 Å². The molecule has 0 bridgehead atoms. The van der Waals surface area contributed by atoms with Crippen LogP contribution in [0.4, 0.5) is 10.1 Å². The molecule has 2 heterocycles. The van der Waals surface area contributed by atoms with E-state index in [1.165, 1.54) is 29.2 Å². The molecule has 2 aromatic heterocycles. The van der Waals surface area contributed by atoms with Crippen molar-refractivity contribution in [1.82, 2.24) is 14.8 Å². The SMILES string of the molecule is O=C(Nc1ccc(=O)n(Cc2cccc(F)c2)c1)c1[nH]ncc1C1CCC1. The van der Waals surface area contributed by atoms with Crippen molar-refractivity contribution in [3.05, 3.63) is 81.8 Å². The predicted octanol–water partition coefficient (Wildman–Crippen LogP) is 3.28. The lowest BCUT2D eigenvalue weighted by Crippen LogP contribution is -2.22. The zero-order valence-electron chi connectivity index (χ0n) is 14.6. The van der Waals surface area contributed by atoms with Crippen molar-refractivity contribution in [3.8, 4) is 0 Å². The van der Waals surface area contributed by atoms with Gasteiger partial charge in [-0.25, -0.2) is 4.39 Å². The molecule has 2 N–H and O–H groups in total. The quantitative estimate of drug-likeness (QED) is 0.727. The average Bonchev–Trinajstić information content (AvgIpc) is 3.05. The van der Waals surface area contributed by atoms with Gasteiger partial charge in [0.15, 0.2) is 0 Å². The Hall–Kier alpha value is -3.22. The van der Waals surface area contributed by atoms with E-state index in [4.69, 9.17) is 0 Å². The minimum absolute atomic E-state index is 0.220. The number of carbonyl (C=O) groups is 1. The number of pyridine rings is 1. The van der Waals surface area contributed by atoms with Gasteiger partial charge in [0, 0.05) is 17.8 Å². The summed E-state index contributed by atoms with van der Waals surface area (Å²) in [6.07, 6.45) is 6.58. The Bertz CT molecular complexity index is 1040. The molecule has 0 atom stereocenters. The Morgan fingerprint density at radius 1 is 1.30 bits per heavy atom. The van der Waals surface area contributed by atoms with Gasteiger partial charge >= 0.3 is 0 Å². The summed E-state index contributed by atoms with van der Waals surface area (Å²) in [5.74, 6) is -0.260. The van der Waals surface area contributed by atoms with Crippen LogP contribution in [0.1, 0.15) is 46.8 Å². The molecule has 1 saturated carbocycles. The van der Waals surface area contributed by atoms with Crippen LogP contribution in [0.3, 0.4) is 0 Å². The fourth-order valence-electron chi connectivity index (χ4n) is 3.26. The average molecular weight is 366 g/mol. The number of H-pyrrole nitrogens is 1. The first-order valence-corrected chi connectivity index (χ1v) is 8.90. The molecule has 1 aliphatic rings. The summed E-state index contributed by atoms with van der Waals surface area (Å²) in [6, 6.07) is 9.02. The maximum absolute atomic E-state index is 13.4. The molecule has 7 heteroatoms. The topological polar surface area (TPSA) is 79.8 Å². The van der Waals surface area contributed by atoms with Gasteiger partial charge in [0.1, 0.15) is 11.5 Å². The smallest absolute Gasteiger partial charge is 0.274 e. The van der Waals surface area contributed by atoms with Gasteiger partial charge in [-0.15, -0.1) is 0 Å². The number of hydrogen-bond acceptors (Lipinski definition) is 3. The van der Waals surface area contributed by atoms with Crippen LogP contribution in [0.2, 0.25) is 0 Å². The van der Waals surface area contributed by atoms with Crippen LogP contribution in [-0.2, 0) is 6.54 Å². The molecule has 6 nitrogen and oxygen atoms in total. The second kappa shape index (κ2) is 7.19. The first-order valence-electron chi connectivity index (χ1n) is 8.90. The molecule has 138 valence electrons. The number of amides is 1. The molecule has 0 unspecified atom stereocenters. The Labute approximate surface area is 155 Å². The van der Waals surface area contributed by atoms with Crippen LogP contribution in [0.5, 0.6) is 0 Å². The van der Waals surface area contributed by atoms with Crippen molar-refractivity contribution < 1.29 is 9.18 Å². The van der Waals surface area contributed by atoms with Crippen molar-refractivity contribution in [1.29, 1.82) is 0 Å². The van der Waals surface area contributed by atoms with E-state index in [9.17, 15) is 14.0 Å². The third kappa shape index (κ3) is 3.67. The Kier molecular flexibility index (Phi) is 4.58. The molecule has 1 fully saturated rings. The van der Waals surface area contributed by atoms with Crippen molar-refractivity contribution >= 4 is 11.6 Å². The largest absolute Gasteiger partial charge is 0.319 e. The van der Waals surface area contributed by atoms with E-state index in [0.717, 1.165) is 18.4 Å². The summed E-state index contributed by atoms with van der Waals surface area (Å²) < 4.78 is 14.8. The third-order valence-corrected chi connectivity index (χ3v) is 4.92. The van der Waals surface area contributed by atoms with E-state index in [1.807, 2.05) is 0 Å². The number of aromatic amines is 1. The van der Waals surface area contributed by atoms with Crippen LogP contribution < -0.4 is 10.9 Å². The summed E-state index contributed by atoms with van der Waals surface area (Å²) in [5.41, 5.74) is 2.33. The molecular formula is C20H19FN4O2. The molecule has 3 aromatic rings. The maximum atomic E-state index is 13.4. The van der Waals surface area contributed by atoms with E-state index in [0.29, 0.717) is 22.9 Å². The Morgan fingerprint density at radius 2 is 2.15 bits per heavy atom. The summed E-state index contributed by atoms with van der Waals surface area (Å²) in [7, 11) is 0. The number of halogens is 1. The van der Waals surface area contributed by atoms with Crippen molar-refractivity contribution in [2.45, 2.75) is 31.7 Å². The van der Waals surface area contributed by atoms with Crippen LogP contribution in [0.25, 0.3) is 0 Å². The van der Waals surface area contributed by atoms with Crippen LogP contribution in [0, 0.1) is 5.82 Å². The highest BCUT2D eigenvalue weighted by Crippen LogP contribution is 2.37. The molecule has 1 amide bonds. The van der Waals surface area contributed by atoms with E-state index in [-0.39, 0.29) is 23.8 Å². The molecule has 0 spiro atoms. The fraction of sp³-hybridized carbons (Fsp3) is 0.250. The standard InChI is InChI=1S/C20H19FN4O2/c21-15-6-1-3-13(9-15)11-25-12-16(7-8-18(25)26)23-20(27)19-17(10-22-24-19)14-4-2-5-14/h1,3,6-10,12,14H,2,4-5,11H2,(H,22,24)(H,23,27). The number of nitrogens with zero attached hydrogens (tertiary/aromatic N) is 2. The highest BCUT2D eigenvalue weighted by Gasteiger charge is 2.26. The van der Waals surface area contributed by atoms with E-state index in [1.54, 1.807) is 30.6 Å². The molecule has 0 radical (unpaired) electrons. The zero-order valence-corrected chi connectivity index (χ0v) is 14.6. The van der Waals surface area contributed by atoms with Crippen molar-refractivity contribution in [3.63, 3.8) is 0 Å². The second-order valence-corrected chi connectivity index (χ2v) is 6.80. The summed E-state index contributed by atoms with van der Waals surface area (Å²) in [6.45, 7) is 0.220. The van der Waals surface area contributed by atoms with E-state index < -0.39 is 0 Å². The van der Waals surface area contributed by atoms with Crippen LogP contribution in [0.15, 0.2) is 53.6 Å². The van der Waals surface area contributed by atoms with Crippen molar-refractivity contribution in [2.75, 3.05) is 5.32 Å². The lowest BCUT2D eigenvalue weighted by atomic mass is 9.80. The predicted molar refractivity (Wildman–Crippen MR) is 99.3 cm³/mol. The molecule has 1 aliphatic carbocycles. The number of nitrogens with one attached hydrogen (secondary N) is 2. The number of anilines is 1. The first-order chi connectivity index (χ1) is 13.1. The fourth-order valence-corrected chi connectivity index (χ4v) is 3.26. The molecule has 1 aromatic carbocycles. The van der Waals surface area contributed by atoms with Crippen molar-refractivity contribution in [2.24, 2.45) is 0 Å². The number of aromatic nitrogens is 3. The van der Waals surface area contributed by atoms with Gasteiger partial charge < -0.3 is 9.88 Å². The van der Waals surface area contributed by atoms with E-state index >= 15 is 0 Å². The maximum Gasteiger partial charge on any atom is 0.274 e. The molecule has 0 saturated heterocycles. The Balaban J connectivity index is 1.53. The number of rotatable bonds is 5. The van der Waals surface area contributed by atoms with Gasteiger partial charge in [-0.05, 0) is 42.5 Å². The molecule has 4 rings (SSSR count). The van der Waals surface area contributed by atoms with Gasteiger partial charge in [-0.3, -0.25) is 14.7 Å². The third-order valence-electron chi connectivity index (χ3n) is 4.92. The first kappa shape index (κ1) is 17.2. The van der Waals surface area contributed by atoms with Gasteiger partial charge in [0.05, 0.1) is 18.4 Å². The van der Waals surface area contributed by atoms with Crippen LogP contribution >= 0.6 is 0 Å². The minimum Gasteiger partial charge on any atom is -0.319 e. The number of hydrogen-bond donors (Lipinski definition) is 2. The normalized spacial score (nSPS) is 14.0. The zero-order chi connectivity index (χ0) is 18.8. The van der Waals surface area contributed by atoms with E-state index in [2.05, 4.69) is 15.5 Å². The second-order valence-electron chi connectivity index (χ2n) is 6.80. The monoisotopic (exact) mass is 366 g/mol. The molecule has 27 heavy (non-hydrogen) atoms. The van der Waals surface area contributed by atoms with Gasteiger partial charge in [-0.1, -0.05) is 18.6 Å². The molecular weight excluding hydrogens is 347 g/mol. The summed E-state index contributed by atoms with van der Waals surface area (Å²) in [5, 5.41) is 9.59. The number of carbonyl (C=O) groups excluding carboxylic acids is 1. The summed E-state index contributed by atoms with van der Waals surface area (Å²) >= 11 is 0. The van der Waals surface area contributed by atoms with Gasteiger partial charge in [0.25, 0.3) is 11.5 Å².